The lowest BCUT2D eigenvalue weighted by atomic mass is 10.0. The SMILES string of the molecule is CCCc1sc(NC(=O)c2ccc(F)cc2)nc1-c1ccc(-c2ccccc2)cc1. The predicted octanol–water partition coefficient (Wildman–Crippen LogP) is 6.82. The van der Waals surface area contributed by atoms with Gasteiger partial charge in [-0.1, -0.05) is 67.9 Å². The number of nitrogens with zero attached hydrogens (tertiary/aromatic N) is 1. The number of amides is 1. The van der Waals surface area contributed by atoms with Crippen LogP contribution in [0, 0.1) is 5.82 Å². The van der Waals surface area contributed by atoms with Crippen LogP contribution in [-0.2, 0) is 6.42 Å². The number of hydrogen-bond acceptors (Lipinski definition) is 3. The first-order valence-electron chi connectivity index (χ1n) is 9.86. The second-order valence-electron chi connectivity index (χ2n) is 6.95. The normalized spacial score (nSPS) is 10.7. The Bertz CT molecular complexity index is 1140. The lowest BCUT2D eigenvalue weighted by Gasteiger charge is -2.05. The molecule has 1 heterocycles. The number of halogens is 1. The van der Waals surface area contributed by atoms with Gasteiger partial charge in [0.15, 0.2) is 5.13 Å². The van der Waals surface area contributed by atoms with Gasteiger partial charge in [0, 0.05) is 16.0 Å². The summed E-state index contributed by atoms with van der Waals surface area (Å²) in [5.41, 5.74) is 4.64. The fourth-order valence-corrected chi connectivity index (χ4v) is 4.33. The first-order chi connectivity index (χ1) is 14.6. The number of thiazole rings is 1. The van der Waals surface area contributed by atoms with Crippen molar-refractivity contribution < 1.29 is 9.18 Å². The largest absolute Gasteiger partial charge is 0.298 e. The van der Waals surface area contributed by atoms with Crippen molar-refractivity contribution in [2.45, 2.75) is 19.8 Å². The molecule has 4 aromatic rings. The second kappa shape index (κ2) is 9.01. The molecule has 1 amide bonds. The van der Waals surface area contributed by atoms with Crippen LogP contribution in [-0.4, -0.2) is 10.9 Å². The summed E-state index contributed by atoms with van der Waals surface area (Å²) >= 11 is 1.49. The van der Waals surface area contributed by atoms with Crippen LogP contribution in [0.15, 0.2) is 78.9 Å². The van der Waals surface area contributed by atoms with Crippen LogP contribution in [0.5, 0.6) is 0 Å². The smallest absolute Gasteiger partial charge is 0.257 e. The standard InChI is InChI=1S/C25H21FN2OS/c1-2-6-22-23(19-11-9-18(10-12-19)17-7-4-3-5-8-17)27-25(30-22)28-24(29)20-13-15-21(26)16-14-20/h3-5,7-16H,2,6H2,1H3,(H,27,28,29). The van der Waals surface area contributed by atoms with Gasteiger partial charge in [0.2, 0.25) is 0 Å². The van der Waals surface area contributed by atoms with Crippen molar-refractivity contribution in [3.05, 3.63) is 95.1 Å². The molecule has 3 aromatic carbocycles. The number of aryl methyl sites for hydroxylation is 1. The van der Waals surface area contributed by atoms with E-state index >= 15 is 0 Å². The first-order valence-corrected chi connectivity index (χ1v) is 10.7. The van der Waals surface area contributed by atoms with Crippen LogP contribution in [0.4, 0.5) is 9.52 Å². The molecule has 4 rings (SSSR count). The Morgan fingerprint density at radius 3 is 2.20 bits per heavy atom. The molecule has 0 unspecified atom stereocenters. The summed E-state index contributed by atoms with van der Waals surface area (Å²) in [6.45, 7) is 2.12. The zero-order chi connectivity index (χ0) is 20.9. The highest BCUT2D eigenvalue weighted by molar-refractivity contribution is 7.16. The summed E-state index contributed by atoms with van der Waals surface area (Å²) in [6.07, 6.45) is 1.88. The minimum atomic E-state index is -0.368. The molecule has 5 heteroatoms. The van der Waals surface area contributed by atoms with E-state index in [1.54, 1.807) is 0 Å². The maximum Gasteiger partial charge on any atom is 0.257 e. The zero-order valence-electron chi connectivity index (χ0n) is 16.6. The number of aromatic nitrogens is 1. The Morgan fingerprint density at radius 2 is 1.53 bits per heavy atom. The van der Waals surface area contributed by atoms with Crippen molar-refractivity contribution in [3.8, 4) is 22.4 Å². The number of nitrogens with one attached hydrogen (secondary N) is 1. The number of carbonyl (C=O) groups is 1. The molecule has 1 aromatic heterocycles. The number of hydrogen-bond donors (Lipinski definition) is 1. The average Bonchev–Trinajstić information content (AvgIpc) is 3.17. The molecule has 0 spiro atoms. The minimum absolute atomic E-state index is 0.294. The maximum absolute atomic E-state index is 13.1. The van der Waals surface area contributed by atoms with Crippen LogP contribution < -0.4 is 5.32 Å². The molecule has 0 atom stereocenters. The third kappa shape index (κ3) is 4.47. The number of rotatable bonds is 6. The van der Waals surface area contributed by atoms with Crippen molar-refractivity contribution in [2.75, 3.05) is 5.32 Å². The van der Waals surface area contributed by atoms with Crippen LogP contribution in [0.25, 0.3) is 22.4 Å². The third-order valence-electron chi connectivity index (χ3n) is 4.77. The minimum Gasteiger partial charge on any atom is -0.298 e. The highest BCUT2D eigenvalue weighted by Crippen LogP contribution is 2.33. The molecule has 30 heavy (non-hydrogen) atoms. The molecule has 0 radical (unpaired) electrons. The monoisotopic (exact) mass is 416 g/mol. The molecule has 0 aliphatic heterocycles. The molecule has 0 aliphatic rings. The van der Waals surface area contributed by atoms with Gasteiger partial charge in [-0.3, -0.25) is 10.1 Å². The fourth-order valence-electron chi connectivity index (χ4n) is 3.25. The third-order valence-corrected chi connectivity index (χ3v) is 5.80. The van der Waals surface area contributed by atoms with Gasteiger partial charge in [-0.25, -0.2) is 9.37 Å². The van der Waals surface area contributed by atoms with Gasteiger partial charge in [-0.15, -0.1) is 11.3 Å². The quantitative estimate of drug-likeness (QED) is 0.375. The van der Waals surface area contributed by atoms with Gasteiger partial charge in [0.05, 0.1) is 5.69 Å². The van der Waals surface area contributed by atoms with E-state index in [0.29, 0.717) is 10.7 Å². The molecule has 0 saturated carbocycles. The van der Waals surface area contributed by atoms with E-state index in [1.807, 2.05) is 18.2 Å². The van der Waals surface area contributed by atoms with Crippen molar-refractivity contribution in [2.24, 2.45) is 0 Å². The van der Waals surface area contributed by atoms with Crippen LogP contribution in [0.2, 0.25) is 0 Å². The van der Waals surface area contributed by atoms with Crippen LogP contribution in [0.1, 0.15) is 28.6 Å². The van der Waals surface area contributed by atoms with Gasteiger partial charge >= 0.3 is 0 Å². The highest BCUT2D eigenvalue weighted by atomic mass is 32.1. The van der Waals surface area contributed by atoms with Gasteiger partial charge in [-0.2, -0.15) is 0 Å². The maximum atomic E-state index is 13.1. The van der Waals surface area contributed by atoms with Crippen molar-refractivity contribution >= 4 is 22.4 Å². The predicted molar refractivity (Wildman–Crippen MR) is 121 cm³/mol. The summed E-state index contributed by atoms with van der Waals surface area (Å²) in [4.78, 5) is 18.3. The van der Waals surface area contributed by atoms with E-state index in [0.717, 1.165) is 34.5 Å². The Kier molecular flexibility index (Phi) is 6.00. The Hall–Kier alpha value is -3.31. The summed E-state index contributed by atoms with van der Waals surface area (Å²) in [5, 5.41) is 3.40. The topological polar surface area (TPSA) is 42.0 Å². The molecular weight excluding hydrogens is 395 g/mol. The lowest BCUT2D eigenvalue weighted by Crippen LogP contribution is -2.11. The van der Waals surface area contributed by atoms with E-state index < -0.39 is 0 Å². The van der Waals surface area contributed by atoms with E-state index in [4.69, 9.17) is 4.98 Å². The molecule has 0 fully saturated rings. The highest BCUT2D eigenvalue weighted by Gasteiger charge is 2.15. The molecule has 0 aliphatic carbocycles. The van der Waals surface area contributed by atoms with Gasteiger partial charge in [0.1, 0.15) is 5.82 Å². The number of benzene rings is 3. The zero-order valence-corrected chi connectivity index (χ0v) is 17.4. The summed E-state index contributed by atoms with van der Waals surface area (Å²) in [5.74, 6) is -0.662. The number of carbonyl (C=O) groups excluding carboxylic acids is 1. The van der Waals surface area contributed by atoms with E-state index in [2.05, 4.69) is 48.6 Å². The first kappa shape index (κ1) is 20.0. The summed E-state index contributed by atoms with van der Waals surface area (Å²) < 4.78 is 13.1. The van der Waals surface area contributed by atoms with Crippen molar-refractivity contribution in [3.63, 3.8) is 0 Å². The Morgan fingerprint density at radius 1 is 0.900 bits per heavy atom. The van der Waals surface area contributed by atoms with E-state index in [1.165, 1.54) is 41.2 Å². The van der Waals surface area contributed by atoms with Crippen molar-refractivity contribution in [1.82, 2.24) is 4.98 Å². The van der Waals surface area contributed by atoms with Gasteiger partial charge < -0.3 is 0 Å². The summed E-state index contributed by atoms with van der Waals surface area (Å²) in [6, 6.07) is 24.1. The average molecular weight is 417 g/mol. The van der Waals surface area contributed by atoms with E-state index in [-0.39, 0.29) is 11.7 Å². The van der Waals surface area contributed by atoms with Gasteiger partial charge in [0.25, 0.3) is 5.91 Å². The molecular formula is C25H21FN2OS. The summed E-state index contributed by atoms with van der Waals surface area (Å²) in [7, 11) is 0. The lowest BCUT2D eigenvalue weighted by molar-refractivity contribution is 0.102. The van der Waals surface area contributed by atoms with E-state index in [9.17, 15) is 9.18 Å². The van der Waals surface area contributed by atoms with Crippen LogP contribution in [0.3, 0.4) is 0 Å². The molecule has 3 nitrogen and oxygen atoms in total. The second-order valence-corrected chi connectivity index (χ2v) is 8.03. The molecule has 150 valence electrons. The van der Waals surface area contributed by atoms with Crippen molar-refractivity contribution in [1.29, 1.82) is 0 Å². The Labute approximate surface area is 179 Å². The van der Waals surface area contributed by atoms with Gasteiger partial charge in [-0.05, 0) is 41.8 Å². The fraction of sp³-hybridized carbons (Fsp3) is 0.120. The number of anilines is 1. The van der Waals surface area contributed by atoms with Crippen LogP contribution >= 0.6 is 11.3 Å². The Balaban J connectivity index is 1.59. The molecule has 0 saturated heterocycles. The molecule has 1 N–H and O–H groups in total. The molecule has 0 bridgehead atoms.